The van der Waals surface area contributed by atoms with Crippen molar-refractivity contribution < 1.29 is 15.8 Å². The summed E-state index contributed by atoms with van der Waals surface area (Å²) in [5.74, 6) is 0.322. The third kappa shape index (κ3) is 2.21. The maximum absolute atomic E-state index is 8.63. The second-order valence-corrected chi connectivity index (χ2v) is 8.76. The number of benzene rings is 1. The monoisotopic (exact) mass is 306 g/mol. The SMILES string of the molecule is N#[C][Fe]([C]#N)([C]#N)([C]#N)([C]#N)[C]#N.Oc1ccccc1. The van der Waals surface area contributed by atoms with E-state index < -0.39 is 10.7 Å². The summed E-state index contributed by atoms with van der Waals surface area (Å²) in [6.07, 6.45) is 0. The molecule has 1 aromatic rings. The van der Waals surface area contributed by atoms with Gasteiger partial charge in [0.05, 0.1) is 0 Å². The standard InChI is InChI=1S/C6H6O.6CN.Fe/c7-6-4-2-1-3-5-6;6*1-2;/h1-5,7H;;;;;;;. The number of nitriles is 6. The summed E-state index contributed by atoms with van der Waals surface area (Å²) in [6, 6.07) is 8.71. The van der Waals surface area contributed by atoms with Gasteiger partial charge in [0.15, 0.2) is 0 Å². The number of para-hydroxylation sites is 1. The predicted octanol–water partition coefficient (Wildman–Crippen LogP) is 1.49. The molecule has 0 atom stereocenters. The van der Waals surface area contributed by atoms with Crippen LogP contribution >= 0.6 is 0 Å². The Kier molecular flexibility index (Phi) is 4.12. The zero-order chi connectivity index (χ0) is 15.8. The average Bonchev–Trinajstić information content (AvgIpc) is 2.54. The Bertz CT molecular complexity index is 645. The molecule has 0 heterocycles. The van der Waals surface area contributed by atoms with E-state index in [2.05, 4.69) is 0 Å². The average molecular weight is 306 g/mol. The normalized spacial score (nSPS) is 11.7. The van der Waals surface area contributed by atoms with E-state index in [4.69, 9.17) is 36.7 Å². The first-order valence-corrected chi connectivity index (χ1v) is 7.85. The van der Waals surface area contributed by atoms with Crippen LogP contribution < -0.4 is 0 Å². The fourth-order valence-corrected chi connectivity index (χ4v) is 1.52. The predicted molar refractivity (Wildman–Crippen MR) is 61.8 cm³/mol. The summed E-state index contributed by atoms with van der Waals surface area (Å²) in [6.45, 7) is 0. The minimum atomic E-state index is -6.17. The Morgan fingerprint density at radius 1 is 0.650 bits per heavy atom. The molecular weight excluding hydrogens is 300 g/mol. The maximum atomic E-state index is 8.63. The molecule has 0 aliphatic rings. The molecule has 0 aromatic heterocycles. The van der Waals surface area contributed by atoms with Crippen molar-refractivity contribution in [1.82, 2.24) is 0 Å². The zero-order valence-corrected chi connectivity index (χ0v) is 11.0. The van der Waals surface area contributed by atoms with Crippen molar-refractivity contribution in [3.05, 3.63) is 30.3 Å². The fraction of sp³-hybridized carbons (Fsp3) is 0. The van der Waals surface area contributed by atoms with Crippen LogP contribution in [0.1, 0.15) is 0 Å². The van der Waals surface area contributed by atoms with E-state index in [0.29, 0.717) is 5.75 Å². The van der Waals surface area contributed by atoms with Crippen LogP contribution in [0.2, 0.25) is 0 Å². The first-order chi connectivity index (χ1) is 9.37. The van der Waals surface area contributed by atoms with Crippen molar-refractivity contribution in [2.75, 3.05) is 0 Å². The Hall–Kier alpha value is -3.52. The zero-order valence-electron chi connectivity index (χ0n) is 9.87. The Labute approximate surface area is 113 Å². The van der Waals surface area contributed by atoms with Crippen LogP contribution in [-0.4, -0.2) is 5.11 Å². The van der Waals surface area contributed by atoms with Gasteiger partial charge in [0.1, 0.15) is 5.75 Å². The number of hydrogen-bond acceptors (Lipinski definition) is 7. The van der Waals surface area contributed by atoms with Crippen molar-refractivity contribution >= 4 is 0 Å². The van der Waals surface area contributed by atoms with Crippen molar-refractivity contribution in [3.8, 4) is 35.6 Å². The molecule has 7 nitrogen and oxygen atoms in total. The molecule has 1 aromatic carbocycles. The number of phenolic OH excluding ortho intramolecular Hbond substituents is 1. The Morgan fingerprint density at radius 2 is 0.950 bits per heavy atom. The van der Waals surface area contributed by atoms with Gasteiger partial charge in [-0.1, -0.05) is 18.2 Å². The van der Waals surface area contributed by atoms with Crippen LogP contribution in [0.25, 0.3) is 0 Å². The molecule has 20 heavy (non-hydrogen) atoms. The number of hydrogen-bond donors (Lipinski definition) is 1. The van der Waals surface area contributed by atoms with Gasteiger partial charge in [-0.2, -0.15) is 0 Å². The van der Waals surface area contributed by atoms with Gasteiger partial charge in [-0.15, -0.1) is 0 Å². The van der Waals surface area contributed by atoms with Gasteiger partial charge >= 0.3 is 72.1 Å². The van der Waals surface area contributed by atoms with Gasteiger partial charge < -0.3 is 5.11 Å². The van der Waals surface area contributed by atoms with Gasteiger partial charge in [0.25, 0.3) is 0 Å². The van der Waals surface area contributed by atoms with E-state index in [1.54, 1.807) is 24.3 Å². The number of rotatable bonds is 0. The van der Waals surface area contributed by atoms with Gasteiger partial charge in [-0.05, 0) is 12.1 Å². The van der Waals surface area contributed by atoms with Gasteiger partial charge in [-0.25, -0.2) is 0 Å². The third-order valence-corrected chi connectivity index (χ3v) is 5.65. The summed E-state index contributed by atoms with van der Waals surface area (Å²) in [5.41, 5.74) is 0. The molecule has 0 saturated heterocycles. The molecule has 0 fully saturated rings. The van der Waals surface area contributed by atoms with Gasteiger partial charge in [0.2, 0.25) is 0 Å². The molecule has 0 radical (unpaired) electrons. The Morgan fingerprint density at radius 3 is 1.05 bits per heavy atom. The number of nitrogens with zero attached hydrogens (tertiary/aromatic N) is 6. The van der Waals surface area contributed by atoms with Crippen molar-refractivity contribution in [2.45, 2.75) is 0 Å². The first-order valence-electron chi connectivity index (χ1n) is 4.54. The van der Waals surface area contributed by atoms with Gasteiger partial charge in [-0.3, -0.25) is 0 Å². The van der Waals surface area contributed by atoms with E-state index in [-0.39, 0.29) is 0 Å². The smallest absolute Gasteiger partial charge is 0.115 e. The van der Waals surface area contributed by atoms with E-state index >= 15 is 0 Å². The summed E-state index contributed by atoms with van der Waals surface area (Å²) in [7, 11) is -6.17. The van der Waals surface area contributed by atoms with Crippen LogP contribution in [-0.2, 0) is 10.7 Å². The topological polar surface area (TPSA) is 163 Å². The first kappa shape index (κ1) is 16.5. The van der Waals surface area contributed by atoms with E-state index in [9.17, 15) is 0 Å². The van der Waals surface area contributed by atoms with Crippen LogP contribution in [0.5, 0.6) is 5.75 Å². The van der Waals surface area contributed by atoms with Crippen molar-refractivity contribution in [2.24, 2.45) is 0 Å². The molecular formula is C12H6FeN6O. The quantitative estimate of drug-likeness (QED) is 0.709. The minimum Gasteiger partial charge on any atom is -0.508 e. The summed E-state index contributed by atoms with van der Waals surface area (Å²) in [5, 5.41) is 60.1. The van der Waals surface area contributed by atoms with Crippen molar-refractivity contribution in [1.29, 1.82) is 31.6 Å². The molecule has 0 spiro atoms. The second kappa shape index (κ2) is 5.00. The summed E-state index contributed by atoms with van der Waals surface area (Å²) in [4.78, 5) is 6.19. The summed E-state index contributed by atoms with van der Waals surface area (Å²) < 4.78 is 0. The molecule has 0 unspecified atom stereocenters. The van der Waals surface area contributed by atoms with Crippen LogP contribution in [0.15, 0.2) is 30.3 Å². The third-order valence-electron chi connectivity index (χ3n) is 1.94. The molecule has 0 aliphatic carbocycles. The fourth-order valence-electron chi connectivity index (χ4n) is 0.693. The molecule has 98 valence electrons. The maximum Gasteiger partial charge on any atom is 0.115 e. The van der Waals surface area contributed by atoms with E-state index in [1.807, 2.05) is 6.07 Å². The summed E-state index contributed by atoms with van der Waals surface area (Å²) >= 11 is 0. The number of phenols is 1. The molecule has 0 saturated carbocycles. The van der Waals surface area contributed by atoms with Crippen LogP contribution in [0, 0.1) is 61.4 Å². The van der Waals surface area contributed by atoms with Gasteiger partial charge in [0, 0.05) is 0 Å². The largest absolute Gasteiger partial charge is 0.508 e. The molecule has 8 heteroatoms. The van der Waals surface area contributed by atoms with E-state index in [1.165, 1.54) is 0 Å². The molecule has 0 bridgehead atoms. The molecule has 0 aliphatic heterocycles. The number of aromatic hydroxyl groups is 1. The van der Waals surface area contributed by atoms with Crippen LogP contribution in [0.3, 0.4) is 0 Å². The van der Waals surface area contributed by atoms with Crippen molar-refractivity contribution in [3.63, 3.8) is 0 Å². The molecule has 0 amide bonds. The Balaban J connectivity index is 0.000000428. The minimum absolute atomic E-state index is 0.322. The second-order valence-electron chi connectivity index (χ2n) is 3.14. The van der Waals surface area contributed by atoms with Crippen LogP contribution in [0.4, 0.5) is 0 Å². The molecule has 1 rings (SSSR count). The van der Waals surface area contributed by atoms with E-state index in [0.717, 1.165) is 29.8 Å². The molecule has 1 N–H and O–H groups in total.